The molecular weight excluding hydrogens is 342 g/mol. The van der Waals surface area contributed by atoms with E-state index in [1.807, 2.05) is 12.1 Å². The van der Waals surface area contributed by atoms with Gasteiger partial charge in [-0.05, 0) is 18.2 Å². The fourth-order valence-electron chi connectivity index (χ4n) is 1.59. The zero-order chi connectivity index (χ0) is 14.5. The van der Waals surface area contributed by atoms with Gasteiger partial charge in [0.1, 0.15) is 6.07 Å². The van der Waals surface area contributed by atoms with Crippen molar-refractivity contribution in [3.8, 4) is 6.07 Å². The van der Waals surface area contributed by atoms with Gasteiger partial charge in [0, 0.05) is 22.8 Å². The number of carboxylic acid groups (broad SMARTS) is 1. The van der Waals surface area contributed by atoms with E-state index >= 15 is 0 Å². The maximum atomic E-state index is 10.7. The number of hydrogen-bond donors (Lipinski definition) is 2. The number of benzene rings is 1. The number of carbonyl (C=O) groups is 1. The predicted octanol–water partition coefficient (Wildman–Crippen LogP) is 3.13. The van der Waals surface area contributed by atoms with Crippen LogP contribution in [0.3, 0.4) is 0 Å². The molecule has 1 heterocycles. The molecule has 0 aliphatic carbocycles. The highest BCUT2D eigenvalue weighted by Crippen LogP contribution is 2.20. The summed E-state index contributed by atoms with van der Waals surface area (Å²) in [5.41, 5.74) is 1.39. The Balaban J connectivity index is 1.96. The highest BCUT2D eigenvalue weighted by Gasteiger charge is 2.08. The van der Waals surface area contributed by atoms with Crippen molar-refractivity contribution in [2.75, 3.05) is 11.9 Å². The zero-order valence-electron chi connectivity index (χ0n) is 10.3. The van der Waals surface area contributed by atoms with Gasteiger partial charge in [0.25, 0.3) is 0 Å². The Hall–Kier alpha value is -1.91. The van der Waals surface area contributed by atoms with E-state index in [4.69, 9.17) is 10.4 Å². The van der Waals surface area contributed by atoms with E-state index < -0.39 is 5.97 Å². The third-order valence-corrected chi connectivity index (χ3v) is 3.93. The Morgan fingerprint density at radius 1 is 1.55 bits per heavy atom. The molecule has 0 aliphatic heterocycles. The van der Waals surface area contributed by atoms with E-state index in [1.54, 1.807) is 6.07 Å². The van der Waals surface area contributed by atoms with Gasteiger partial charge in [-0.1, -0.05) is 15.9 Å². The summed E-state index contributed by atoms with van der Waals surface area (Å²) in [6.45, 7) is 0.586. The molecule has 20 heavy (non-hydrogen) atoms. The maximum absolute atomic E-state index is 10.7. The van der Waals surface area contributed by atoms with Gasteiger partial charge in [0.05, 0.1) is 16.3 Å². The lowest BCUT2D eigenvalue weighted by Gasteiger charge is -2.07. The van der Waals surface area contributed by atoms with Gasteiger partial charge in [-0.15, -0.1) is 11.3 Å². The topological polar surface area (TPSA) is 86.0 Å². The van der Waals surface area contributed by atoms with Crippen molar-refractivity contribution in [1.82, 2.24) is 4.98 Å². The molecule has 2 N–H and O–H groups in total. The summed E-state index contributed by atoms with van der Waals surface area (Å²) in [7, 11) is 0. The molecule has 7 heteroatoms. The molecule has 0 saturated carbocycles. The summed E-state index contributed by atoms with van der Waals surface area (Å²) >= 11 is 4.64. The van der Waals surface area contributed by atoms with Crippen molar-refractivity contribution in [2.45, 2.75) is 6.42 Å². The summed E-state index contributed by atoms with van der Waals surface area (Å²) < 4.78 is 0.852. The first kappa shape index (κ1) is 14.5. The molecular formula is C13H10BrN3O2S. The third-order valence-electron chi connectivity index (χ3n) is 2.53. The van der Waals surface area contributed by atoms with Gasteiger partial charge in [-0.25, -0.2) is 9.78 Å². The van der Waals surface area contributed by atoms with E-state index in [1.165, 1.54) is 16.7 Å². The minimum atomic E-state index is -1.01. The average molecular weight is 352 g/mol. The van der Waals surface area contributed by atoms with Crippen LogP contribution in [0, 0.1) is 11.3 Å². The van der Waals surface area contributed by atoms with Crippen LogP contribution in [0.15, 0.2) is 28.1 Å². The number of hydrogen-bond acceptors (Lipinski definition) is 5. The van der Waals surface area contributed by atoms with E-state index in [0.717, 1.165) is 15.2 Å². The van der Waals surface area contributed by atoms with Crippen LogP contribution in [0.5, 0.6) is 0 Å². The van der Waals surface area contributed by atoms with Gasteiger partial charge < -0.3 is 10.4 Å². The van der Waals surface area contributed by atoms with Crippen molar-refractivity contribution in [2.24, 2.45) is 0 Å². The van der Waals surface area contributed by atoms with Crippen molar-refractivity contribution < 1.29 is 9.90 Å². The van der Waals surface area contributed by atoms with Crippen molar-refractivity contribution >= 4 is 38.9 Å². The number of thiazole rings is 1. The Labute approximate surface area is 128 Å². The summed E-state index contributed by atoms with van der Waals surface area (Å²) in [5.74, 6) is -1.01. The minimum Gasteiger partial charge on any atom is -0.476 e. The van der Waals surface area contributed by atoms with Crippen molar-refractivity contribution in [1.29, 1.82) is 5.26 Å². The van der Waals surface area contributed by atoms with Crippen LogP contribution in [0.1, 0.15) is 21.1 Å². The van der Waals surface area contributed by atoms with Crippen LogP contribution in [0.4, 0.5) is 5.69 Å². The van der Waals surface area contributed by atoms with Gasteiger partial charge in [0.2, 0.25) is 0 Å². The lowest BCUT2D eigenvalue weighted by Crippen LogP contribution is -2.06. The Kier molecular flexibility index (Phi) is 4.71. The van der Waals surface area contributed by atoms with Crippen LogP contribution in [-0.4, -0.2) is 22.6 Å². The number of aromatic nitrogens is 1. The summed E-state index contributed by atoms with van der Waals surface area (Å²) in [6, 6.07) is 7.55. The molecule has 102 valence electrons. The Morgan fingerprint density at radius 3 is 3.00 bits per heavy atom. The van der Waals surface area contributed by atoms with Gasteiger partial charge in [0.15, 0.2) is 5.69 Å². The molecule has 0 spiro atoms. The Morgan fingerprint density at radius 2 is 2.35 bits per heavy atom. The molecule has 0 saturated heterocycles. The number of nitrogens with zero attached hydrogens (tertiary/aromatic N) is 2. The van der Waals surface area contributed by atoms with E-state index in [9.17, 15) is 4.79 Å². The molecule has 0 atom stereocenters. The third kappa shape index (κ3) is 3.56. The van der Waals surface area contributed by atoms with E-state index in [2.05, 4.69) is 32.3 Å². The van der Waals surface area contributed by atoms with Gasteiger partial charge in [-0.2, -0.15) is 5.26 Å². The second-order valence-electron chi connectivity index (χ2n) is 3.91. The minimum absolute atomic E-state index is 0.0753. The molecule has 0 unspecified atom stereocenters. The van der Waals surface area contributed by atoms with Gasteiger partial charge in [-0.3, -0.25) is 0 Å². The first-order valence-corrected chi connectivity index (χ1v) is 7.38. The summed E-state index contributed by atoms with van der Waals surface area (Å²) in [6.07, 6.45) is 0.610. The molecule has 1 aromatic heterocycles. The van der Waals surface area contributed by atoms with Crippen LogP contribution < -0.4 is 5.32 Å². The van der Waals surface area contributed by atoms with Crippen LogP contribution in [0.25, 0.3) is 0 Å². The zero-order valence-corrected chi connectivity index (χ0v) is 12.7. The average Bonchev–Trinajstić information content (AvgIpc) is 2.89. The summed E-state index contributed by atoms with van der Waals surface area (Å²) in [5, 5.41) is 23.3. The highest BCUT2D eigenvalue weighted by atomic mass is 79.9. The normalized spacial score (nSPS) is 10.0. The molecule has 0 aliphatic rings. The fraction of sp³-hybridized carbons (Fsp3) is 0.154. The number of halogens is 1. The van der Waals surface area contributed by atoms with Crippen molar-refractivity contribution in [3.05, 3.63) is 44.3 Å². The second-order valence-corrected chi connectivity index (χ2v) is 5.77. The van der Waals surface area contributed by atoms with Crippen LogP contribution in [-0.2, 0) is 6.42 Å². The first-order chi connectivity index (χ1) is 9.60. The van der Waals surface area contributed by atoms with E-state index in [-0.39, 0.29) is 5.69 Å². The molecule has 0 bridgehead atoms. The number of rotatable bonds is 5. The lowest BCUT2D eigenvalue weighted by atomic mass is 10.2. The molecule has 1 aromatic carbocycles. The standard InChI is InChI=1S/C13H10BrN3O2S/c14-9-1-2-10(8(5-9)6-15)16-4-3-12-17-11(7-20-12)13(18)19/h1-2,5,7,16H,3-4H2,(H,18,19). The SMILES string of the molecule is N#Cc1cc(Br)ccc1NCCc1nc(C(=O)O)cs1. The van der Waals surface area contributed by atoms with E-state index in [0.29, 0.717) is 18.5 Å². The molecule has 0 amide bonds. The quantitative estimate of drug-likeness (QED) is 0.864. The predicted molar refractivity (Wildman–Crippen MR) is 80.1 cm³/mol. The van der Waals surface area contributed by atoms with Crippen molar-refractivity contribution in [3.63, 3.8) is 0 Å². The first-order valence-electron chi connectivity index (χ1n) is 5.71. The van der Waals surface area contributed by atoms with Gasteiger partial charge >= 0.3 is 5.97 Å². The van der Waals surface area contributed by atoms with Crippen LogP contribution >= 0.6 is 27.3 Å². The molecule has 2 aromatic rings. The molecule has 2 rings (SSSR count). The second kappa shape index (κ2) is 6.50. The number of aromatic carboxylic acids is 1. The Bertz CT molecular complexity index is 678. The summed E-state index contributed by atoms with van der Waals surface area (Å²) in [4.78, 5) is 14.7. The smallest absolute Gasteiger partial charge is 0.355 e. The fourth-order valence-corrected chi connectivity index (χ4v) is 2.72. The largest absolute Gasteiger partial charge is 0.476 e. The number of carboxylic acids is 1. The molecule has 0 fully saturated rings. The molecule has 0 radical (unpaired) electrons. The number of anilines is 1. The number of nitrogens with one attached hydrogen (secondary N) is 1. The number of nitriles is 1. The highest BCUT2D eigenvalue weighted by molar-refractivity contribution is 9.10. The monoisotopic (exact) mass is 351 g/mol. The maximum Gasteiger partial charge on any atom is 0.355 e. The molecule has 5 nitrogen and oxygen atoms in total. The van der Waals surface area contributed by atoms with Crippen LogP contribution in [0.2, 0.25) is 0 Å². The lowest BCUT2D eigenvalue weighted by molar-refractivity contribution is 0.0691.